The van der Waals surface area contributed by atoms with Gasteiger partial charge in [-0.15, -0.1) is 0 Å². The molecule has 2 fully saturated rings. The largest absolute Gasteiger partial charge is 0.455 e. The van der Waals surface area contributed by atoms with Gasteiger partial charge in [-0.3, -0.25) is 9.59 Å². The predicted molar refractivity (Wildman–Crippen MR) is 132 cm³/mol. The van der Waals surface area contributed by atoms with Gasteiger partial charge < -0.3 is 20.0 Å². The minimum absolute atomic E-state index is 0.0331. The molecule has 0 unspecified atom stereocenters. The fourth-order valence-corrected chi connectivity index (χ4v) is 6.16. The fraction of sp³-hybridized carbons (Fsp3) is 0.500. The predicted octanol–water partition coefficient (Wildman–Crippen LogP) is 2.62. The minimum atomic E-state index is -4.06. The van der Waals surface area contributed by atoms with E-state index in [-0.39, 0.29) is 40.8 Å². The van der Waals surface area contributed by atoms with Gasteiger partial charge in [-0.05, 0) is 88.6 Å². The number of halogens is 1. The smallest absolute Gasteiger partial charge is 0.287 e. The number of piperidine rings is 1. The van der Waals surface area contributed by atoms with Crippen molar-refractivity contribution >= 4 is 33.4 Å². The highest BCUT2D eigenvalue weighted by Crippen LogP contribution is 2.26. The van der Waals surface area contributed by atoms with Crippen LogP contribution in [-0.2, 0) is 21.4 Å². The van der Waals surface area contributed by atoms with Crippen molar-refractivity contribution < 1.29 is 22.4 Å². The molecule has 9 nitrogen and oxygen atoms in total. The standard InChI is InChI=1S/C24H31ClN4O5S/c1-28-14-11-18(12-15-28)27-24(31)22-10-7-19(34-22)16-29(21-4-2-3-13-26-23(21)30)35(32,33)20-8-5-17(25)6-9-20/h5-10,18,21H,2-4,11-16H2,1H3,(H,26,30)(H,27,31)/t21-/m1/s1. The third kappa shape index (κ3) is 6.24. The molecule has 0 aliphatic carbocycles. The summed E-state index contributed by atoms with van der Waals surface area (Å²) in [5.41, 5.74) is 0. The summed E-state index contributed by atoms with van der Waals surface area (Å²) in [6.45, 7) is 2.15. The molecule has 4 rings (SSSR count). The molecule has 11 heteroatoms. The maximum Gasteiger partial charge on any atom is 0.287 e. The third-order valence-corrected chi connectivity index (χ3v) is 8.65. The summed E-state index contributed by atoms with van der Waals surface area (Å²) in [5, 5.41) is 6.21. The van der Waals surface area contributed by atoms with Gasteiger partial charge in [0.1, 0.15) is 11.8 Å². The molecule has 2 aromatic rings. The molecule has 0 radical (unpaired) electrons. The molecule has 0 saturated carbocycles. The number of nitrogens with one attached hydrogen (secondary N) is 2. The van der Waals surface area contributed by atoms with Crippen LogP contribution in [0.2, 0.25) is 5.02 Å². The Kier molecular flexibility index (Phi) is 8.16. The van der Waals surface area contributed by atoms with E-state index in [9.17, 15) is 18.0 Å². The van der Waals surface area contributed by atoms with Crippen LogP contribution in [0.1, 0.15) is 48.4 Å². The van der Waals surface area contributed by atoms with Crippen molar-refractivity contribution in [1.29, 1.82) is 0 Å². The first kappa shape index (κ1) is 25.7. The molecule has 2 N–H and O–H groups in total. The van der Waals surface area contributed by atoms with Gasteiger partial charge in [-0.1, -0.05) is 11.6 Å². The molecular formula is C24H31ClN4O5S. The van der Waals surface area contributed by atoms with Crippen molar-refractivity contribution in [2.45, 2.75) is 55.6 Å². The van der Waals surface area contributed by atoms with Crippen molar-refractivity contribution in [2.75, 3.05) is 26.7 Å². The maximum atomic E-state index is 13.6. The number of furan rings is 1. The first-order valence-corrected chi connectivity index (χ1v) is 13.7. The van der Waals surface area contributed by atoms with Crippen LogP contribution in [0.4, 0.5) is 0 Å². The number of sulfonamides is 1. The Balaban J connectivity index is 1.55. The van der Waals surface area contributed by atoms with Gasteiger partial charge in [-0.25, -0.2) is 8.42 Å². The lowest BCUT2D eigenvalue weighted by Gasteiger charge is -2.29. The number of amides is 2. The minimum Gasteiger partial charge on any atom is -0.455 e. The summed E-state index contributed by atoms with van der Waals surface area (Å²) < 4.78 is 34.2. The fourth-order valence-electron chi connectivity index (χ4n) is 4.45. The van der Waals surface area contributed by atoms with E-state index in [1.807, 2.05) is 0 Å². The highest BCUT2D eigenvalue weighted by Gasteiger charge is 2.37. The van der Waals surface area contributed by atoms with Gasteiger partial charge in [0.25, 0.3) is 5.91 Å². The zero-order chi connectivity index (χ0) is 25.0. The van der Waals surface area contributed by atoms with E-state index in [4.69, 9.17) is 16.0 Å². The Hall–Kier alpha value is -2.40. The second kappa shape index (κ2) is 11.1. The summed E-state index contributed by atoms with van der Waals surface area (Å²) >= 11 is 5.95. The lowest BCUT2D eigenvalue weighted by atomic mass is 10.1. The van der Waals surface area contributed by atoms with E-state index >= 15 is 0 Å². The lowest BCUT2D eigenvalue weighted by molar-refractivity contribution is -0.124. The molecule has 1 aromatic heterocycles. The first-order chi connectivity index (χ1) is 16.7. The molecule has 2 amide bonds. The molecule has 1 aromatic carbocycles. The number of likely N-dealkylation sites (tertiary alicyclic amines) is 1. The number of carbonyl (C=O) groups is 2. The summed E-state index contributed by atoms with van der Waals surface area (Å²) in [7, 11) is -2.00. The van der Waals surface area contributed by atoms with E-state index < -0.39 is 16.1 Å². The molecule has 35 heavy (non-hydrogen) atoms. The number of benzene rings is 1. The maximum absolute atomic E-state index is 13.6. The van der Waals surface area contributed by atoms with Crippen LogP contribution in [0.25, 0.3) is 0 Å². The average Bonchev–Trinajstić information content (AvgIpc) is 3.21. The van der Waals surface area contributed by atoms with Crippen molar-refractivity contribution in [3.8, 4) is 0 Å². The molecule has 0 bridgehead atoms. The summed E-state index contributed by atoms with van der Waals surface area (Å²) in [6, 6.07) is 8.14. The molecule has 2 aliphatic rings. The summed E-state index contributed by atoms with van der Waals surface area (Å²) in [5.74, 6) is -0.266. The Bertz CT molecular complexity index is 1140. The van der Waals surface area contributed by atoms with Gasteiger partial charge in [0.15, 0.2) is 5.76 Å². The highest BCUT2D eigenvalue weighted by atomic mass is 35.5. The van der Waals surface area contributed by atoms with Crippen molar-refractivity contribution in [3.63, 3.8) is 0 Å². The summed E-state index contributed by atoms with van der Waals surface area (Å²) in [4.78, 5) is 27.8. The van der Waals surface area contributed by atoms with Crippen LogP contribution in [-0.4, -0.2) is 68.2 Å². The number of rotatable bonds is 7. The van der Waals surface area contributed by atoms with Crippen LogP contribution < -0.4 is 10.6 Å². The molecular weight excluding hydrogens is 492 g/mol. The first-order valence-electron chi connectivity index (χ1n) is 11.9. The van der Waals surface area contributed by atoms with Crippen LogP contribution >= 0.6 is 11.6 Å². The van der Waals surface area contributed by atoms with Crippen molar-refractivity contribution in [2.24, 2.45) is 0 Å². The van der Waals surface area contributed by atoms with Gasteiger partial charge >= 0.3 is 0 Å². The third-order valence-electron chi connectivity index (χ3n) is 6.52. The number of hydrogen-bond donors (Lipinski definition) is 2. The number of hydrogen-bond acceptors (Lipinski definition) is 6. The topological polar surface area (TPSA) is 112 Å². The second-order valence-electron chi connectivity index (χ2n) is 9.12. The quantitative estimate of drug-likeness (QED) is 0.578. The van der Waals surface area contributed by atoms with E-state index in [2.05, 4.69) is 22.6 Å². The van der Waals surface area contributed by atoms with E-state index in [0.29, 0.717) is 24.4 Å². The van der Waals surface area contributed by atoms with E-state index in [1.54, 1.807) is 12.1 Å². The van der Waals surface area contributed by atoms with Gasteiger partial charge in [-0.2, -0.15) is 4.31 Å². The average molecular weight is 523 g/mol. The van der Waals surface area contributed by atoms with Crippen LogP contribution in [0.5, 0.6) is 0 Å². The van der Waals surface area contributed by atoms with Gasteiger partial charge in [0.05, 0.1) is 11.4 Å². The zero-order valence-electron chi connectivity index (χ0n) is 19.7. The molecule has 1 atom stereocenters. The van der Waals surface area contributed by atoms with E-state index in [0.717, 1.165) is 36.7 Å². The van der Waals surface area contributed by atoms with Crippen LogP contribution in [0, 0.1) is 0 Å². The SMILES string of the molecule is CN1CCC(NC(=O)c2ccc(CN([C@@H]3CCCCNC3=O)S(=O)(=O)c3ccc(Cl)cc3)o2)CC1. The van der Waals surface area contributed by atoms with Gasteiger partial charge in [0.2, 0.25) is 15.9 Å². The normalized spacial score (nSPS) is 20.4. The van der Waals surface area contributed by atoms with E-state index in [1.165, 1.54) is 24.3 Å². The Morgan fingerprint density at radius 2 is 1.86 bits per heavy atom. The molecule has 190 valence electrons. The van der Waals surface area contributed by atoms with Gasteiger partial charge in [0, 0.05) is 17.6 Å². The Labute approximate surface area is 210 Å². The summed E-state index contributed by atoms with van der Waals surface area (Å²) in [6.07, 6.45) is 3.60. The zero-order valence-corrected chi connectivity index (χ0v) is 21.3. The Morgan fingerprint density at radius 1 is 1.14 bits per heavy atom. The monoisotopic (exact) mass is 522 g/mol. The van der Waals surface area contributed by atoms with Crippen molar-refractivity contribution in [3.05, 3.63) is 52.9 Å². The molecule has 2 saturated heterocycles. The molecule has 3 heterocycles. The van der Waals surface area contributed by atoms with Crippen LogP contribution in [0.3, 0.4) is 0 Å². The Morgan fingerprint density at radius 3 is 2.57 bits per heavy atom. The van der Waals surface area contributed by atoms with Crippen LogP contribution in [0.15, 0.2) is 45.7 Å². The molecule has 0 spiro atoms. The number of nitrogens with zero attached hydrogens (tertiary/aromatic N) is 2. The lowest BCUT2D eigenvalue weighted by Crippen LogP contribution is -2.48. The second-order valence-corrected chi connectivity index (χ2v) is 11.5. The highest BCUT2D eigenvalue weighted by molar-refractivity contribution is 7.89. The van der Waals surface area contributed by atoms with Crippen molar-refractivity contribution in [1.82, 2.24) is 19.8 Å². The number of carbonyl (C=O) groups excluding carboxylic acids is 2. The molecule has 2 aliphatic heterocycles.